The minimum Gasteiger partial charge on any atom is -0.497 e. The van der Waals surface area contributed by atoms with Gasteiger partial charge in [-0.3, -0.25) is 14.5 Å². The van der Waals surface area contributed by atoms with Gasteiger partial charge in [0.05, 0.1) is 52.7 Å². The van der Waals surface area contributed by atoms with E-state index in [1.165, 1.54) is 47.7 Å². The van der Waals surface area contributed by atoms with Crippen LogP contribution in [0.15, 0.2) is 30.3 Å². The van der Waals surface area contributed by atoms with Crippen LogP contribution in [-0.4, -0.2) is 96.9 Å². The molecule has 7 atom stereocenters. The van der Waals surface area contributed by atoms with Crippen LogP contribution >= 0.6 is 0 Å². The Labute approximate surface area is 267 Å². The first-order valence-electron chi connectivity index (χ1n) is 15.2. The van der Waals surface area contributed by atoms with Crippen LogP contribution in [0, 0.1) is 17.8 Å². The molecular weight excluding hydrogens is 600 g/mol. The quantitative estimate of drug-likeness (QED) is 0.424. The number of rotatable bonds is 8. The van der Waals surface area contributed by atoms with Crippen molar-refractivity contribution < 1.29 is 52.3 Å². The van der Waals surface area contributed by atoms with Crippen LogP contribution < -0.4 is 24.3 Å². The minimum absolute atomic E-state index is 0.0314. The molecule has 0 aromatic heterocycles. The lowest BCUT2D eigenvalue weighted by Crippen LogP contribution is -2.63. The molecule has 1 amide bonds. The lowest BCUT2D eigenvalue weighted by atomic mass is 9.65. The van der Waals surface area contributed by atoms with E-state index in [4.69, 9.17) is 37.9 Å². The SMILES string of the molecule is COC(=O)[C@H]1C2C[C@H]3O[C@@]4(CCN3C[C@H]2C[C@@H](OC(=O)c2cc(OC)c(OC)c(OC)c2)[C@@H]1OC)C(=O)Nc1cc(OC)ccc14. The van der Waals surface area contributed by atoms with Crippen LogP contribution in [0.5, 0.6) is 23.0 Å². The number of fused-ring (bicyclic) bond motifs is 4. The number of amides is 1. The maximum atomic E-state index is 13.5. The third kappa shape index (κ3) is 5.19. The fraction of sp³-hybridized carbons (Fsp3) is 0.545. The van der Waals surface area contributed by atoms with Crippen molar-refractivity contribution in [1.29, 1.82) is 0 Å². The zero-order chi connectivity index (χ0) is 32.7. The normalized spacial score (nSPS) is 29.9. The summed E-state index contributed by atoms with van der Waals surface area (Å²) in [5, 5.41) is 2.97. The van der Waals surface area contributed by atoms with Crippen LogP contribution in [-0.2, 0) is 34.1 Å². The first-order chi connectivity index (χ1) is 22.2. The van der Waals surface area contributed by atoms with Crippen molar-refractivity contribution in [2.45, 2.75) is 43.3 Å². The molecule has 1 spiro atoms. The fourth-order valence-electron chi connectivity index (χ4n) is 7.75. The van der Waals surface area contributed by atoms with E-state index in [9.17, 15) is 14.4 Å². The second-order valence-electron chi connectivity index (χ2n) is 12.0. The minimum atomic E-state index is -1.13. The number of ether oxygens (including phenoxy) is 8. The second-order valence-corrected chi connectivity index (χ2v) is 12.0. The molecule has 1 unspecified atom stereocenters. The average Bonchev–Trinajstić information content (AvgIpc) is 3.34. The van der Waals surface area contributed by atoms with Gasteiger partial charge >= 0.3 is 11.9 Å². The molecule has 2 saturated heterocycles. The molecule has 248 valence electrons. The lowest BCUT2D eigenvalue weighted by molar-refractivity contribution is -0.236. The van der Waals surface area contributed by atoms with E-state index < -0.39 is 41.9 Å². The molecule has 1 N–H and O–H groups in total. The van der Waals surface area contributed by atoms with Gasteiger partial charge in [0, 0.05) is 38.2 Å². The summed E-state index contributed by atoms with van der Waals surface area (Å²) >= 11 is 0. The molecule has 46 heavy (non-hydrogen) atoms. The molecule has 3 fully saturated rings. The Hall–Kier alpha value is -4.07. The molecule has 6 rings (SSSR count). The monoisotopic (exact) mass is 640 g/mol. The second kappa shape index (κ2) is 12.6. The van der Waals surface area contributed by atoms with Gasteiger partial charge in [0.15, 0.2) is 17.1 Å². The summed E-state index contributed by atoms with van der Waals surface area (Å²) in [6, 6.07) is 8.54. The molecule has 3 aliphatic heterocycles. The lowest BCUT2D eigenvalue weighted by Gasteiger charge is -2.54. The highest BCUT2D eigenvalue weighted by atomic mass is 16.6. The fourth-order valence-corrected chi connectivity index (χ4v) is 7.75. The number of anilines is 1. The Balaban J connectivity index is 1.25. The predicted octanol–water partition coefficient (Wildman–Crippen LogP) is 2.99. The zero-order valence-electron chi connectivity index (χ0n) is 26.8. The number of carbonyl (C=O) groups is 3. The van der Waals surface area contributed by atoms with Crippen LogP contribution in [0.3, 0.4) is 0 Å². The Morgan fingerprint density at radius 1 is 0.957 bits per heavy atom. The van der Waals surface area contributed by atoms with Crippen LogP contribution in [0.4, 0.5) is 5.69 Å². The molecule has 13 nitrogen and oxygen atoms in total. The highest BCUT2D eigenvalue weighted by Crippen LogP contribution is 2.51. The Bertz CT molecular complexity index is 1490. The predicted molar refractivity (Wildman–Crippen MR) is 162 cm³/mol. The topological polar surface area (TPSA) is 140 Å². The van der Waals surface area contributed by atoms with Gasteiger partial charge in [-0.15, -0.1) is 0 Å². The molecule has 0 bridgehead atoms. The number of methoxy groups -OCH3 is 6. The summed E-state index contributed by atoms with van der Waals surface area (Å²) in [5.74, 6) is -0.631. The van der Waals surface area contributed by atoms with Gasteiger partial charge in [-0.1, -0.05) is 0 Å². The van der Waals surface area contributed by atoms with Crippen LogP contribution in [0.25, 0.3) is 0 Å². The van der Waals surface area contributed by atoms with Crippen molar-refractivity contribution in [2.75, 3.05) is 61.1 Å². The van der Waals surface area contributed by atoms with E-state index in [1.807, 2.05) is 12.1 Å². The maximum Gasteiger partial charge on any atom is 0.338 e. The zero-order valence-corrected chi connectivity index (χ0v) is 26.8. The van der Waals surface area contributed by atoms with E-state index in [0.717, 1.165) is 5.56 Å². The van der Waals surface area contributed by atoms with Crippen LogP contribution in [0.1, 0.15) is 35.2 Å². The van der Waals surface area contributed by atoms with Gasteiger partial charge in [0.25, 0.3) is 5.91 Å². The average molecular weight is 641 g/mol. The number of hydrogen-bond acceptors (Lipinski definition) is 12. The summed E-state index contributed by atoms with van der Waals surface area (Å²) < 4.78 is 45.5. The molecular formula is C33H40N2O11. The molecule has 1 aliphatic carbocycles. The van der Waals surface area contributed by atoms with Gasteiger partial charge in [-0.05, 0) is 48.9 Å². The number of hydrogen-bond donors (Lipinski definition) is 1. The Kier molecular flexibility index (Phi) is 8.75. The summed E-state index contributed by atoms with van der Waals surface area (Å²) in [4.78, 5) is 42.5. The third-order valence-electron chi connectivity index (χ3n) is 9.94. The molecule has 3 heterocycles. The van der Waals surface area contributed by atoms with Gasteiger partial charge in [0.1, 0.15) is 24.2 Å². The number of piperidine rings is 1. The van der Waals surface area contributed by atoms with Crippen molar-refractivity contribution in [3.63, 3.8) is 0 Å². The first kappa shape index (κ1) is 31.9. The summed E-state index contributed by atoms with van der Waals surface area (Å²) in [6.07, 6.45) is -0.531. The number of benzene rings is 2. The number of carbonyl (C=O) groups excluding carboxylic acids is 3. The van der Waals surface area contributed by atoms with Gasteiger partial charge in [-0.2, -0.15) is 0 Å². The van der Waals surface area contributed by atoms with E-state index in [0.29, 0.717) is 61.0 Å². The van der Waals surface area contributed by atoms with E-state index in [-0.39, 0.29) is 23.3 Å². The van der Waals surface area contributed by atoms with E-state index in [1.54, 1.807) is 13.2 Å². The maximum absolute atomic E-state index is 13.5. The highest BCUT2D eigenvalue weighted by Gasteiger charge is 2.58. The molecule has 2 aromatic carbocycles. The van der Waals surface area contributed by atoms with Crippen molar-refractivity contribution in [3.05, 3.63) is 41.5 Å². The largest absolute Gasteiger partial charge is 0.497 e. The third-order valence-corrected chi connectivity index (χ3v) is 9.94. The van der Waals surface area contributed by atoms with Gasteiger partial charge in [0.2, 0.25) is 5.75 Å². The molecule has 0 radical (unpaired) electrons. The number of nitrogens with zero attached hydrogens (tertiary/aromatic N) is 1. The summed E-state index contributed by atoms with van der Waals surface area (Å²) in [5.41, 5.74) is 0.520. The molecule has 13 heteroatoms. The smallest absolute Gasteiger partial charge is 0.338 e. The Morgan fingerprint density at radius 3 is 2.33 bits per heavy atom. The van der Waals surface area contributed by atoms with Gasteiger partial charge in [-0.25, -0.2) is 4.79 Å². The van der Waals surface area contributed by atoms with Crippen LogP contribution in [0.2, 0.25) is 0 Å². The van der Waals surface area contributed by atoms with E-state index in [2.05, 4.69) is 10.2 Å². The number of esters is 2. The van der Waals surface area contributed by atoms with Crippen molar-refractivity contribution in [1.82, 2.24) is 4.90 Å². The highest BCUT2D eigenvalue weighted by molar-refractivity contribution is 6.05. The number of nitrogens with one attached hydrogen (secondary N) is 1. The molecule has 4 aliphatic rings. The van der Waals surface area contributed by atoms with Gasteiger partial charge < -0.3 is 43.2 Å². The van der Waals surface area contributed by atoms with Crippen molar-refractivity contribution >= 4 is 23.5 Å². The van der Waals surface area contributed by atoms with Crippen molar-refractivity contribution in [2.24, 2.45) is 17.8 Å². The first-order valence-corrected chi connectivity index (χ1v) is 15.2. The van der Waals surface area contributed by atoms with E-state index >= 15 is 0 Å². The summed E-state index contributed by atoms with van der Waals surface area (Å²) in [7, 11) is 8.82. The summed E-state index contributed by atoms with van der Waals surface area (Å²) in [6.45, 7) is 1.20. The van der Waals surface area contributed by atoms with Crippen molar-refractivity contribution in [3.8, 4) is 23.0 Å². The standard InChI is InChI=1S/C33H40N2O11/c1-39-19-7-8-21-22(14-19)34-32(38)33(21)9-10-35-16-18-13-25(29(43-5)27(31(37)44-6)20(18)15-26(35)46-33)45-30(36)17-11-23(40-2)28(42-4)24(12-17)41-3/h7-8,11-12,14,18,20,25-27,29H,9-10,13,15-16H2,1-6H3,(H,34,38)/t18-,20?,25-,26-,27+,29+,33-/m1/s1. The molecule has 2 aromatic rings. The Morgan fingerprint density at radius 2 is 1.70 bits per heavy atom. The molecule has 1 saturated carbocycles.